The number of anilines is 1. The van der Waals surface area contributed by atoms with Crippen LogP contribution in [0.15, 0.2) is 84.0 Å². The molecular formula is C29H27N3O4. The number of hydrogen-bond donors (Lipinski definition) is 3. The molecule has 3 unspecified atom stereocenters. The minimum Gasteiger partial charge on any atom is -0.507 e. The normalized spacial score (nSPS) is 20.2. The number of carbonyl (C=O) groups is 2. The fourth-order valence-corrected chi connectivity index (χ4v) is 5.02. The lowest BCUT2D eigenvalue weighted by Crippen LogP contribution is -2.29. The summed E-state index contributed by atoms with van der Waals surface area (Å²) in [6.07, 6.45) is 5.44. The number of fused-ring (bicyclic) bond motifs is 3. The highest BCUT2D eigenvalue weighted by atomic mass is 16.5. The van der Waals surface area contributed by atoms with Crippen molar-refractivity contribution in [3.05, 3.63) is 107 Å². The van der Waals surface area contributed by atoms with Gasteiger partial charge in [0.05, 0.1) is 30.0 Å². The van der Waals surface area contributed by atoms with Gasteiger partial charge in [0.2, 0.25) is 0 Å². The SMILES string of the molecule is COC(=O)c1ccc(C2Nc3ccc(C(C)=NNC(=O)c4ccccc4O)cc3C3C=CCC32)cc1. The van der Waals surface area contributed by atoms with E-state index >= 15 is 0 Å². The first kappa shape index (κ1) is 23.4. The number of hydrogen-bond acceptors (Lipinski definition) is 6. The molecule has 0 spiro atoms. The van der Waals surface area contributed by atoms with Crippen LogP contribution in [0.3, 0.4) is 0 Å². The van der Waals surface area contributed by atoms with Crippen molar-refractivity contribution in [3.8, 4) is 5.75 Å². The molecule has 3 aromatic carbocycles. The lowest BCUT2D eigenvalue weighted by atomic mass is 9.76. The second-order valence-electron chi connectivity index (χ2n) is 9.05. The highest BCUT2D eigenvalue weighted by Gasteiger charge is 2.38. The Kier molecular flexibility index (Phi) is 6.29. The zero-order valence-electron chi connectivity index (χ0n) is 20.1. The van der Waals surface area contributed by atoms with Crippen molar-refractivity contribution in [3.63, 3.8) is 0 Å². The minimum absolute atomic E-state index is 0.0868. The Morgan fingerprint density at radius 1 is 1.06 bits per heavy atom. The molecule has 7 nitrogen and oxygen atoms in total. The van der Waals surface area contributed by atoms with Gasteiger partial charge in [0.15, 0.2) is 0 Å². The molecule has 0 bridgehead atoms. The first-order valence-electron chi connectivity index (χ1n) is 11.8. The molecular weight excluding hydrogens is 454 g/mol. The van der Waals surface area contributed by atoms with Gasteiger partial charge in [-0.3, -0.25) is 4.79 Å². The molecule has 3 atom stereocenters. The zero-order valence-corrected chi connectivity index (χ0v) is 20.1. The van der Waals surface area contributed by atoms with Gasteiger partial charge in [-0.25, -0.2) is 10.2 Å². The lowest BCUT2D eigenvalue weighted by Gasteiger charge is -2.37. The second-order valence-corrected chi connectivity index (χ2v) is 9.05. The van der Waals surface area contributed by atoms with Crippen molar-refractivity contribution in [2.24, 2.45) is 11.0 Å². The van der Waals surface area contributed by atoms with E-state index in [0.717, 1.165) is 23.2 Å². The minimum atomic E-state index is -0.466. The molecule has 3 aromatic rings. The fourth-order valence-electron chi connectivity index (χ4n) is 5.02. The van der Waals surface area contributed by atoms with Gasteiger partial charge in [-0.15, -0.1) is 0 Å². The van der Waals surface area contributed by atoms with Gasteiger partial charge in [0.1, 0.15) is 5.75 Å². The third-order valence-electron chi connectivity index (χ3n) is 6.95. The molecule has 0 fully saturated rings. The van der Waals surface area contributed by atoms with Crippen LogP contribution in [0, 0.1) is 5.92 Å². The van der Waals surface area contributed by atoms with E-state index in [1.54, 1.807) is 18.2 Å². The first-order valence-corrected chi connectivity index (χ1v) is 11.8. The van der Waals surface area contributed by atoms with Crippen LogP contribution in [0.5, 0.6) is 5.75 Å². The van der Waals surface area contributed by atoms with E-state index in [-0.39, 0.29) is 29.2 Å². The average Bonchev–Trinajstić information content (AvgIpc) is 3.41. The Morgan fingerprint density at radius 3 is 2.56 bits per heavy atom. The Hall–Kier alpha value is -4.39. The predicted octanol–water partition coefficient (Wildman–Crippen LogP) is 5.16. The van der Waals surface area contributed by atoms with Gasteiger partial charge in [0, 0.05) is 11.6 Å². The molecule has 36 heavy (non-hydrogen) atoms. The van der Waals surface area contributed by atoms with Gasteiger partial charge in [-0.1, -0.05) is 42.5 Å². The molecule has 1 amide bonds. The number of phenolic OH excluding ortho intramolecular Hbond substituents is 1. The third kappa shape index (κ3) is 4.35. The summed E-state index contributed by atoms with van der Waals surface area (Å²) in [5.41, 5.74) is 8.19. The van der Waals surface area contributed by atoms with Gasteiger partial charge >= 0.3 is 5.97 Å². The molecule has 2 aliphatic rings. The Bertz CT molecular complexity index is 1380. The number of rotatable bonds is 5. The first-order chi connectivity index (χ1) is 17.5. The second kappa shape index (κ2) is 9.70. The summed E-state index contributed by atoms with van der Waals surface area (Å²) in [7, 11) is 1.38. The number of hydrazone groups is 1. The van der Waals surface area contributed by atoms with E-state index < -0.39 is 5.91 Å². The zero-order chi connectivity index (χ0) is 25.2. The Morgan fingerprint density at radius 2 is 1.81 bits per heavy atom. The molecule has 0 saturated carbocycles. The molecule has 182 valence electrons. The number of amides is 1. The summed E-state index contributed by atoms with van der Waals surface area (Å²) in [4.78, 5) is 24.2. The van der Waals surface area contributed by atoms with Gasteiger partial charge in [-0.2, -0.15) is 5.10 Å². The molecule has 0 saturated heterocycles. The molecule has 0 aromatic heterocycles. The monoisotopic (exact) mass is 481 g/mol. The number of allylic oxidation sites excluding steroid dienone is 2. The number of aromatic hydroxyl groups is 1. The van der Waals surface area contributed by atoms with Crippen LogP contribution in [0.25, 0.3) is 0 Å². The number of phenols is 1. The highest BCUT2D eigenvalue weighted by Crippen LogP contribution is 2.50. The topological polar surface area (TPSA) is 100 Å². The van der Waals surface area contributed by atoms with E-state index in [0.29, 0.717) is 17.2 Å². The van der Waals surface area contributed by atoms with E-state index in [9.17, 15) is 14.7 Å². The quantitative estimate of drug-likeness (QED) is 0.202. The number of methoxy groups -OCH3 is 1. The van der Waals surface area contributed by atoms with E-state index in [1.807, 2.05) is 43.3 Å². The average molecular weight is 482 g/mol. The highest BCUT2D eigenvalue weighted by molar-refractivity contribution is 6.02. The summed E-state index contributed by atoms with van der Waals surface area (Å²) >= 11 is 0. The van der Waals surface area contributed by atoms with Gasteiger partial charge in [-0.05, 0) is 72.4 Å². The Balaban J connectivity index is 1.38. The van der Waals surface area contributed by atoms with E-state index in [2.05, 4.69) is 34.1 Å². The number of para-hydroxylation sites is 1. The van der Waals surface area contributed by atoms with Crippen LogP contribution in [-0.2, 0) is 4.74 Å². The maximum Gasteiger partial charge on any atom is 0.337 e. The molecule has 1 aliphatic carbocycles. The lowest BCUT2D eigenvalue weighted by molar-refractivity contribution is 0.0600. The van der Waals surface area contributed by atoms with Crippen molar-refractivity contribution in [1.29, 1.82) is 0 Å². The van der Waals surface area contributed by atoms with Crippen LogP contribution in [0.2, 0.25) is 0 Å². The standard InChI is InChI=1S/C29H27N3O4/c1-17(31-32-28(34)23-6-3-4-9-26(23)33)20-14-15-25-24(16-20)21-7-5-8-22(21)27(30-25)18-10-12-19(13-11-18)29(35)36-2/h3-7,9-16,21-22,27,30,33H,8H2,1-2H3,(H,32,34). The number of carbonyl (C=O) groups excluding carboxylic acids is 2. The van der Waals surface area contributed by atoms with Crippen molar-refractivity contribution >= 4 is 23.3 Å². The maximum atomic E-state index is 12.4. The predicted molar refractivity (Wildman–Crippen MR) is 138 cm³/mol. The molecule has 1 heterocycles. The number of esters is 1. The molecule has 1 aliphatic heterocycles. The van der Waals surface area contributed by atoms with Crippen LogP contribution in [-0.4, -0.2) is 29.8 Å². The van der Waals surface area contributed by atoms with Crippen LogP contribution in [0.1, 0.15) is 62.7 Å². The number of nitrogens with zero attached hydrogens (tertiary/aromatic N) is 1. The molecule has 3 N–H and O–H groups in total. The summed E-state index contributed by atoms with van der Waals surface area (Å²) < 4.78 is 4.82. The van der Waals surface area contributed by atoms with Crippen molar-refractivity contribution in [2.75, 3.05) is 12.4 Å². The van der Waals surface area contributed by atoms with E-state index in [4.69, 9.17) is 4.74 Å². The largest absolute Gasteiger partial charge is 0.507 e. The molecule has 0 radical (unpaired) electrons. The molecule has 7 heteroatoms. The Labute approximate surface area is 209 Å². The van der Waals surface area contributed by atoms with Crippen LogP contribution in [0.4, 0.5) is 5.69 Å². The number of benzene rings is 3. The van der Waals surface area contributed by atoms with Crippen LogP contribution < -0.4 is 10.7 Å². The van der Waals surface area contributed by atoms with Crippen LogP contribution >= 0.6 is 0 Å². The smallest absolute Gasteiger partial charge is 0.337 e. The summed E-state index contributed by atoms with van der Waals surface area (Å²) in [5.74, 6) is -0.307. The van der Waals surface area contributed by atoms with Gasteiger partial charge < -0.3 is 15.2 Å². The van der Waals surface area contributed by atoms with E-state index in [1.165, 1.54) is 18.7 Å². The third-order valence-corrected chi connectivity index (χ3v) is 6.95. The summed E-state index contributed by atoms with van der Waals surface area (Å²) in [6, 6.07) is 20.2. The number of ether oxygens (including phenoxy) is 1. The number of nitrogens with one attached hydrogen (secondary N) is 2. The fraction of sp³-hybridized carbons (Fsp3) is 0.207. The molecule has 5 rings (SSSR count). The van der Waals surface area contributed by atoms with Gasteiger partial charge in [0.25, 0.3) is 5.91 Å². The van der Waals surface area contributed by atoms with Crippen molar-refractivity contribution in [1.82, 2.24) is 5.43 Å². The van der Waals surface area contributed by atoms with Crippen molar-refractivity contribution in [2.45, 2.75) is 25.3 Å². The summed E-state index contributed by atoms with van der Waals surface area (Å²) in [5, 5.41) is 17.9. The summed E-state index contributed by atoms with van der Waals surface area (Å²) in [6.45, 7) is 1.84. The van der Waals surface area contributed by atoms with Crippen molar-refractivity contribution < 1.29 is 19.4 Å². The maximum absolute atomic E-state index is 12.4.